The molecule has 0 amide bonds. The quantitative estimate of drug-likeness (QED) is 0.858. The van der Waals surface area contributed by atoms with Crippen LogP contribution in [0.15, 0.2) is 29.0 Å². The highest BCUT2D eigenvalue weighted by Gasteiger charge is 2.30. The van der Waals surface area contributed by atoms with E-state index in [0.717, 1.165) is 5.69 Å². The van der Waals surface area contributed by atoms with Crippen molar-refractivity contribution in [1.82, 2.24) is 4.98 Å². The van der Waals surface area contributed by atoms with Crippen molar-refractivity contribution in [3.8, 4) is 0 Å². The number of nitrogens with zero attached hydrogens (tertiary/aromatic N) is 2. The summed E-state index contributed by atoms with van der Waals surface area (Å²) in [4.78, 5) is 17.2. The number of oxazole rings is 1. The third kappa shape index (κ3) is 1.70. The van der Waals surface area contributed by atoms with Crippen molar-refractivity contribution < 1.29 is 19.1 Å². The van der Waals surface area contributed by atoms with E-state index in [1.54, 1.807) is 4.90 Å². The summed E-state index contributed by atoms with van der Waals surface area (Å²) in [6.45, 7) is 1.23. The molecule has 3 rings (SSSR count). The molecule has 1 saturated heterocycles. The summed E-state index contributed by atoms with van der Waals surface area (Å²) in [6, 6.07) is 4.81. The number of benzene rings is 1. The number of aromatic nitrogens is 1. The Morgan fingerprint density at radius 3 is 3.22 bits per heavy atom. The molecule has 2 aromatic rings. The zero-order valence-electron chi connectivity index (χ0n) is 9.57. The van der Waals surface area contributed by atoms with Gasteiger partial charge in [-0.3, -0.25) is 0 Å². The molecule has 1 fully saturated rings. The van der Waals surface area contributed by atoms with Crippen molar-refractivity contribution in [2.45, 2.75) is 6.04 Å². The Morgan fingerprint density at radius 1 is 1.50 bits per heavy atom. The number of anilines is 1. The van der Waals surface area contributed by atoms with Gasteiger partial charge in [-0.25, -0.2) is 9.78 Å². The van der Waals surface area contributed by atoms with Gasteiger partial charge in [0.25, 0.3) is 0 Å². The minimum atomic E-state index is -0.893. The number of morpholine rings is 1. The van der Waals surface area contributed by atoms with E-state index in [1.165, 1.54) is 6.39 Å². The van der Waals surface area contributed by atoms with Gasteiger partial charge in [-0.1, -0.05) is 6.07 Å². The SMILES string of the molecule is O=C(O)C1COCCN1c1cccc2ocnc12. The smallest absolute Gasteiger partial charge is 0.328 e. The fraction of sp³-hybridized carbons (Fsp3) is 0.333. The van der Waals surface area contributed by atoms with Crippen LogP contribution in [0.1, 0.15) is 0 Å². The molecule has 1 N–H and O–H groups in total. The Hall–Kier alpha value is -2.08. The van der Waals surface area contributed by atoms with E-state index < -0.39 is 12.0 Å². The highest BCUT2D eigenvalue weighted by Crippen LogP contribution is 2.28. The third-order valence-corrected chi connectivity index (χ3v) is 3.06. The van der Waals surface area contributed by atoms with Gasteiger partial charge in [0.15, 0.2) is 18.0 Å². The predicted molar refractivity (Wildman–Crippen MR) is 63.6 cm³/mol. The summed E-state index contributed by atoms with van der Waals surface area (Å²) in [6.07, 6.45) is 1.37. The molecule has 1 aromatic heterocycles. The lowest BCUT2D eigenvalue weighted by Gasteiger charge is -2.34. The van der Waals surface area contributed by atoms with Crippen LogP contribution < -0.4 is 4.90 Å². The van der Waals surface area contributed by atoms with Crippen molar-refractivity contribution in [2.24, 2.45) is 0 Å². The summed E-state index contributed by atoms with van der Waals surface area (Å²) in [5.41, 5.74) is 2.12. The highest BCUT2D eigenvalue weighted by atomic mass is 16.5. The monoisotopic (exact) mass is 248 g/mol. The maximum absolute atomic E-state index is 11.2. The Labute approximate surface area is 103 Å². The van der Waals surface area contributed by atoms with Gasteiger partial charge in [-0.15, -0.1) is 0 Å². The minimum Gasteiger partial charge on any atom is -0.480 e. The average molecular weight is 248 g/mol. The number of fused-ring (bicyclic) bond motifs is 1. The van der Waals surface area contributed by atoms with Crippen LogP contribution in [0.4, 0.5) is 5.69 Å². The first kappa shape index (κ1) is 11.0. The number of rotatable bonds is 2. The summed E-state index contributed by atoms with van der Waals surface area (Å²) < 4.78 is 10.5. The zero-order valence-corrected chi connectivity index (χ0v) is 9.57. The van der Waals surface area contributed by atoms with Crippen molar-refractivity contribution >= 4 is 22.8 Å². The van der Waals surface area contributed by atoms with Crippen molar-refractivity contribution in [3.63, 3.8) is 0 Å². The van der Waals surface area contributed by atoms with Gasteiger partial charge >= 0.3 is 5.97 Å². The lowest BCUT2D eigenvalue weighted by Crippen LogP contribution is -2.50. The number of carboxylic acids is 1. The maximum Gasteiger partial charge on any atom is 0.328 e. The van der Waals surface area contributed by atoms with Crippen LogP contribution in [-0.4, -0.2) is 41.9 Å². The van der Waals surface area contributed by atoms with Gasteiger partial charge in [0.1, 0.15) is 5.52 Å². The lowest BCUT2D eigenvalue weighted by atomic mass is 10.1. The Balaban J connectivity index is 2.06. The number of aliphatic carboxylic acids is 1. The molecule has 0 radical (unpaired) electrons. The molecule has 1 unspecified atom stereocenters. The van der Waals surface area contributed by atoms with Crippen LogP contribution in [-0.2, 0) is 9.53 Å². The average Bonchev–Trinajstić information content (AvgIpc) is 2.86. The molecule has 0 bridgehead atoms. The van der Waals surface area contributed by atoms with Gasteiger partial charge in [0.2, 0.25) is 0 Å². The fourth-order valence-electron chi connectivity index (χ4n) is 2.20. The van der Waals surface area contributed by atoms with Crippen LogP contribution in [0.2, 0.25) is 0 Å². The Bertz CT molecular complexity index is 580. The Morgan fingerprint density at radius 2 is 2.39 bits per heavy atom. The molecule has 0 aliphatic carbocycles. The highest BCUT2D eigenvalue weighted by molar-refractivity contribution is 5.90. The summed E-state index contributed by atoms with van der Waals surface area (Å²) in [7, 11) is 0. The second kappa shape index (κ2) is 4.30. The largest absolute Gasteiger partial charge is 0.480 e. The molecule has 6 heteroatoms. The van der Waals surface area contributed by atoms with Crippen LogP contribution in [0.3, 0.4) is 0 Å². The molecule has 94 valence electrons. The molecule has 2 heterocycles. The van der Waals surface area contributed by atoms with Gasteiger partial charge in [-0.05, 0) is 12.1 Å². The van der Waals surface area contributed by atoms with E-state index in [0.29, 0.717) is 24.3 Å². The fourth-order valence-corrected chi connectivity index (χ4v) is 2.20. The molecule has 1 aliphatic heterocycles. The molecule has 1 aliphatic rings. The van der Waals surface area contributed by atoms with E-state index in [4.69, 9.17) is 9.15 Å². The molecule has 1 aromatic carbocycles. The van der Waals surface area contributed by atoms with Crippen molar-refractivity contribution in [3.05, 3.63) is 24.6 Å². The van der Waals surface area contributed by atoms with Gasteiger partial charge in [0.05, 0.1) is 18.9 Å². The summed E-state index contributed by atoms with van der Waals surface area (Å²) in [5.74, 6) is -0.893. The van der Waals surface area contributed by atoms with Crippen molar-refractivity contribution in [1.29, 1.82) is 0 Å². The molecule has 6 nitrogen and oxygen atoms in total. The van der Waals surface area contributed by atoms with Gasteiger partial charge in [0, 0.05) is 6.54 Å². The standard InChI is InChI=1S/C12H12N2O4/c15-12(16)9-6-17-5-4-14(9)8-2-1-3-10-11(8)13-7-18-10/h1-3,7,9H,4-6H2,(H,15,16). The van der Waals surface area contributed by atoms with Crippen LogP contribution >= 0.6 is 0 Å². The van der Waals surface area contributed by atoms with E-state index in [9.17, 15) is 9.90 Å². The third-order valence-electron chi connectivity index (χ3n) is 3.06. The lowest BCUT2D eigenvalue weighted by molar-refractivity contribution is -0.141. The number of hydrogen-bond donors (Lipinski definition) is 1. The van der Waals surface area contributed by atoms with E-state index in [-0.39, 0.29) is 6.61 Å². The number of para-hydroxylation sites is 1. The first-order valence-electron chi connectivity index (χ1n) is 5.67. The first-order chi connectivity index (χ1) is 8.77. The van der Waals surface area contributed by atoms with E-state index in [2.05, 4.69) is 4.98 Å². The van der Waals surface area contributed by atoms with Crippen LogP contribution in [0.25, 0.3) is 11.1 Å². The second-order valence-electron chi connectivity index (χ2n) is 4.10. The molecule has 0 spiro atoms. The van der Waals surface area contributed by atoms with E-state index in [1.807, 2.05) is 18.2 Å². The topological polar surface area (TPSA) is 75.8 Å². The minimum absolute atomic E-state index is 0.184. The number of carbonyl (C=O) groups is 1. The molecular formula is C12H12N2O4. The first-order valence-corrected chi connectivity index (χ1v) is 5.67. The Kier molecular flexibility index (Phi) is 2.64. The number of hydrogen-bond acceptors (Lipinski definition) is 5. The normalized spacial score (nSPS) is 20.2. The predicted octanol–water partition coefficient (Wildman–Crippen LogP) is 1.12. The maximum atomic E-state index is 11.2. The van der Waals surface area contributed by atoms with Crippen LogP contribution in [0, 0.1) is 0 Å². The van der Waals surface area contributed by atoms with E-state index >= 15 is 0 Å². The molecule has 0 saturated carbocycles. The van der Waals surface area contributed by atoms with Crippen LogP contribution in [0.5, 0.6) is 0 Å². The van der Waals surface area contributed by atoms with Gasteiger partial charge < -0.3 is 19.2 Å². The molecule has 18 heavy (non-hydrogen) atoms. The molecular weight excluding hydrogens is 236 g/mol. The van der Waals surface area contributed by atoms with Gasteiger partial charge in [-0.2, -0.15) is 0 Å². The zero-order chi connectivity index (χ0) is 12.5. The summed E-state index contributed by atoms with van der Waals surface area (Å²) in [5, 5.41) is 9.23. The van der Waals surface area contributed by atoms with Crippen molar-refractivity contribution in [2.75, 3.05) is 24.7 Å². The number of ether oxygens (including phenoxy) is 1. The second-order valence-corrected chi connectivity index (χ2v) is 4.10. The summed E-state index contributed by atoms with van der Waals surface area (Å²) >= 11 is 0. The molecule has 1 atom stereocenters. The number of carboxylic acid groups (broad SMARTS) is 1.